The Hall–Kier alpha value is -2.75. The van der Waals surface area contributed by atoms with Crippen LogP contribution in [-0.4, -0.2) is 5.78 Å². The summed E-state index contributed by atoms with van der Waals surface area (Å²) in [5.74, 6) is 0.268. The monoisotopic (exact) mass is 434 g/mol. The maximum atomic E-state index is 13.5. The number of carbonyl (C=O) groups is 1. The van der Waals surface area contributed by atoms with Gasteiger partial charge in [-0.1, -0.05) is 77.8 Å². The fourth-order valence-electron chi connectivity index (χ4n) is 4.43. The van der Waals surface area contributed by atoms with Gasteiger partial charge >= 0.3 is 0 Å². The lowest BCUT2D eigenvalue weighted by Crippen LogP contribution is -2.27. The van der Waals surface area contributed by atoms with Gasteiger partial charge < -0.3 is 10.6 Å². The molecule has 1 aliphatic heterocycles. The Kier molecular flexibility index (Phi) is 5.01. The molecule has 0 bridgehead atoms. The summed E-state index contributed by atoms with van der Waals surface area (Å²) in [5, 5.41) is 8.04. The van der Waals surface area contributed by atoms with Gasteiger partial charge in [0.25, 0.3) is 0 Å². The number of allylic oxidation sites excluding steroid dienone is 1. The molecule has 0 radical (unpaired) electrons. The third-order valence-electron chi connectivity index (χ3n) is 5.87. The van der Waals surface area contributed by atoms with Crippen molar-refractivity contribution in [1.29, 1.82) is 0 Å². The number of Topliss-reactive ketones (excluding diaryl/α,β-unsaturated/α-hetero) is 1. The average Bonchev–Trinajstić information content (AvgIpc) is 2.93. The number of para-hydroxylation sites is 2. The number of hydrogen-bond donors (Lipinski definition) is 2. The van der Waals surface area contributed by atoms with Gasteiger partial charge in [0.1, 0.15) is 0 Å². The predicted molar refractivity (Wildman–Crippen MR) is 123 cm³/mol. The SMILES string of the molecule is O=C1CC(c2ccccc2)CC2=C1C(c1cccc(Cl)c1Cl)Nc1ccccc1N2. The molecule has 0 spiro atoms. The first-order valence-electron chi connectivity index (χ1n) is 9.99. The van der Waals surface area contributed by atoms with Crippen LogP contribution in [0.25, 0.3) is 0 Å². The van der Waals surface area contributed by atoms with E-state index >= 15 is 0 Å². The zero-order valence-corrected chi connectivity index (χ0v) is 17.7. The topological polar surface area (TPSA) is 41.1 Å². The second-order valence-corrected chi connectivity index (χ2v) is 8.51. The van der Waals surface area contributed by atoms with Crippen molar-refractivity contribution in [3.8, 4) is 0 Å². The Labute approximate surface area is 185 Å². The molecule has 0 fully saturated rings. The van der Waals surface area contributed by atoms with Crippen molar-refractivity contribution in [3.05, 3.63) is 105 Å². The van der Waals surface area contributed by atoms with Crippen LogP contribution in [0.2, 0.25) is 10.0 Å². The first-order chi connectivity index (χ1) is 14.6. The first-order valence-corrected chi connectivity index (χ1v) is 10.7. The third kappa shape index (κ3) is 3.38. The van der Waals surface area contributed by atoms with E-state index in [0.717, 1.165) is 34.6 Å². The molecule has 0 amide bonds. The minimum atomic E-state index is -0.369. The minimum Gasteiger partial charge on any atom is -0.372 e. The zero-order valence-electron chi connectivity index (χ0n) is 16.2. The molecule has 1 heterocycles. The molecule has 2 atom stereocenters. The zero-order chi connectivity index (χ0) is 20.7. The molecule has 0 saturated heterocycles. The van der Waals surface area contributed by atoms with Crippen LogP contribution >= 0.6 is 23.2 Å². The summed E-state index contributed by atoms with van der Waals surface area (Å²) in [4.78, 5) is 13.5. The third-order valence-corrected chi connectivity index (χ3v) is 6.71. The maximum absolute atomic E-state index is 13.5. The molecule has 2 unspecified atom stereocenters. The largest absolute Gasteiger partial charge is 0.372 e. The van der Waals surface area contributed by atoms with E-state index in [1.54, 1.807) is 6.07 Å². The smallest absolute Gasteiger partial charge is 0.163 e. The highest BCUT2D eigenvalue weighted by Gasteiger charge is 2.36. The maximum Gasteiger partial charge on any atom is 0.163 e. The van der Waals surface area contributed by atoms with Gasteiger partial charge in [0.15, 0.2) is 5.78 Å². The lowest BCUT2D eigenvalue weighted by Gasteiger charge is -2.30. The Morgan fingerprint density at radius 3 is 2.33 bits per heavy atom. The summed E-state index contributed by atoms with van der Waals surface area (Å²) in [5.41, 5.74) is 5.55. The fraction of sp³-hybridized carbons (Fsp3) is 0.160. The summed E-state index contributed by atoms with van der Waals surface area (Å²) in [6, 6.07) is 23.4. The van der Waals surface area contributed by atoms with Crippen LogP contribution < -0.4 is 10.6 Å². The average molecular weight is 435 g/mol. The Balaban J connectivity index is 1.65. The minimum absolute atomic E-state index is 0.124. The Bertz CT molecular complexity index is 1160. The van der Waals surface area contributed by atoms with E-state index in [0.29, 0.717) is 16.5 Å². The van der Waals surface area contributed by atoms with Crippen LogP contribution in [-0.2, 0) is 4.79 Å². The summed E-state index contributed by atoms with van der Waals surface area (Å²) in [7, 11) is 0. The van der Waals surface area contributed by atoms with Crippen LogP contribution in [0.3, 0.4) is 0 Å². The molecule has 3 aromatic carbocycles. The summed E-state index contributed by atoms with van der Waals surface area (Å²) < 4.78 is 0. The molecule has 150 valence electrons. The normalized spacial score (nSPS) is 20.5. The van der Waals surface area contributed by atoms with Crippen LogP contribution in [0.15, 0.2) is 84.1 Å². The Morgan fingerprint density at radius 1 is 0.800 bits per heavy atom. The predicted octanol–water partition coefficient (Wildman–Crippen LogP) is 6.97. The highest BCUT2D eigenvalue weighted by atomic mass is 35.5. The lowest BCUT2D eigenvalue weighted by molar-refractivity contribution is -0.116. The van der Waals surface area contributed by atoms with Crippen LogP contribution in [0.4, 0.5) is 11.4 Å². The molecule has 5 heteroatoms. The molecule has 2 aliphatic rings. The van der Waals surface area contributed by atoms with E-state index < -0.39 is 0 Å². The molecule has 2 N–H and O–H groups in total. The second-order valence-electron chi connectivity index (χ2n) is 7.72. The van der Waals surface area contributed by atoms with Gasteiger partial charge in [-0.15, -0.1) is 0 Å². The van der Waals surface area contributed by atoms with Gasteiger partial charge in [-0.3, -0.25) is 4.79 Å². The van der Waals surface area contributed by atoms with E-state index in [1.165, 1.54) is 5.56 Å². The quantitative estimate of drug-likeness (QED) is 0.457. The van der Waals surface area contributed by atoms with Gasteiger partial charge in [-0.2, -0.15) is 0 Å². The van der Waals surface area contributed by atoms with Crippen molar-refractivity contribution in [2.24, 2.45) is 0 Å². The van der Waals surface area contributed by atoms with Crippen molar-refractivity contribution >= 4 is 40.4 Å². The van der Waals surface area contributed by atoms with Gasteiger partial charge in [0.2, 0.25) is 0 Å². The number of nitrogens with one attached hydrogen (secondary N) is 2. The van der Waals surface area contributed by atoms with Gasteiger partial charge in [0, 0.05) is 17.7 Å². The number of fused-ring (bicyclic) bond motifs is 1. The summed E-state index contributed by atoms with van der Waals surface area (Å²) in [6.07, 6.45) is 1.23. The molecule has 3 aromatic rings. The molecular formula is C25H20Cl2N2O. The second kappa shape index (κ2) is 7.82. The molecule has 30 heavy (non-hydrogen) atoms. The standard InChI is InChI=1S/C25H20Cl2N2O/c26-18-10-6-9-17(24(18)27)25-23-21(28-19-11-4-5-12-20(19)29-25)13-16(14-22(23)30)15-7-2-1-3-8-15/h1-12,16,25,28-29H,13-14H2. The van der Waals surface area contributed by atoms with Crippen LogP contribution in [0.5, 0.6) is 0 Å². The van der Waals surface area contributed by atoms with Crippen molar-refractivity contribution in [2.45, 2.75) is 24.8 Å². The summed E-state index contributed by atoms with van der Waals surface area (Å²) in [6.45, 7) is 0. The number of halogens is 2. The van der Waals surface area contributed by atoms with Gasteiger partial charge in [-0.05, 0) is 41.7 Å². The molecule has 0 saturated carbocycles. The van der Waals surface area contributed by atoms with Crippen molar-refractivity contribution in [1.82, 2.24) is 0 Å². The highest BCUT2D eigenvalue weighted by Crippen LogP contribution is 2.46. The number of ketones is 1. The number of carbonyl (C=O) groups excluding carboxylic acids is 1. The van der Waals surface area contributed by atoms with Crippen molar-refractivity contribution < 1.29 is 4.79 Å². The fourth-order valence-corrected chi connectivity index (χ4v) is 4.85. The number of hydrogen-bond acceptors (Lipinski definition) is 3. The molecular weight excluding hydrogens is 415 g/mol. The van der Waals surface area contributed by atoms with E-state index in [1.807, 2.05) is 54.6 Å². The van der Waals surface area contributed by atoms with E-state index in [2.05, 4.69) is 22.8 Å². The molecule has 1 aliphatic carbocycles. The highest BCUT2D eigenvalue weighted by molar-refractivity contribution is 6.42. The van der Waals surface area contributed by atoms with Crippen LogP contribution in [0, 0.1) is 0 Å². The Morgan fingerprint density at radius 2 is 1.53 bits per heavy atom. The number of rotatable bonds is 2. The molecule has 5 rings (SSSR count). The van der Waals surface area contributed by atoms with Crippen molar-refractivity contribution in [2.75, 3.05) is 10.6 Å². The lowest BCUT2D eigenvalue weighted by atomic mass is 9.78. The first kappa shape index (κ1) is 19.2. The van der Waals surface area contributed by atoms with E-state index in [-0.39, 0.29) is 17.7 Å². The number of anilines is 2. The van der Waals surface area contributed by atoms with Gasteiger partial charge in [0.05, 0.1) is 27.5 Å². The van der Waals surface area contributed by atoms with Crippen LogP contribution in [0.1, 0.15) is 35.9 Å². The van der Waals surface area contributed by atoms with E-state index in [4.69, 9.17) is 23.2 Å². The molecule has 0 aromatic heterocycles. The van der Waals surface area contributed by atoms with Crippen molar-refractivity contribution in [3.63, 3.8) is 0 Å². The van der Waals surface area contributed by atoms with E-state index in [9.17, 15) is 4.79 Å². The van der Waals surface area contributed by atoms with Gasteiger partial charge in [-0.25, -0.2) is 0 Å². The number of benzene rings is 3. The summed E-state index contributed by atoms with van der Waals surface area (Å²) >= 11 is 12.9. The molecule has 3 nitrogen and oxygen atoms in total.